The minimum absolute atomic E-state index is 0.0245. The molecule has 2 aliphatic heterocycles. The van der Waals surface area contributed by atoms with Crippen LogP contribution in [0, 0.1) is 25.7 Å². The summed E-state index contributed by atoms with van der Waals surface area (Å²) in [7, 11) is 0. The van der Waals surface area contributed by atoms with Crippen molar-refractivity contribution < 1.29 is 19.5 Å². The standard InChI is InChI=1S/C19H24N2O4/c1-12-3-4-16(9-13(12)2)21-11-15(10-17(21)22)18(23)20-7-5-14(6-8-20)19(24)25/h3-4,9,14-15H,5-8,10-11H2,1-2H3,(H,24,25)/t15-/m0/s1. The van der Waals surface area contributed by atoms with E-state index in [1.54, 1.807) is 9.80 Å². The van der Waals surface area contributed by atoms with Gasteiger partial charge in [0, 0.05) is 31.7 Å². The summed E-state index contributed by atoms with van der Waals surface area (Å²) in [6, 6.07) is 5.90. The molecule has 0 spiro atoms. The van der Waals surface area contributed by atoms with Gasteiger partial charge in [0.1, 0.15) is 0 Å². The zero-order chi connectivity index (χ0) is 18.1. The number of likely N-dealkylation sites (tertiary alicyclic amines) is 1. The molecule has 2 heterocycles. The quantitative estimate of drug-likeness (QED) is 0.909. The first-order valence-corrected chi connectivity index (χ1v) is 8.76. The SMILES string of the molecule is Cc1ccc(N2C[C@@H](C(=O)N3CCC(C(=O)O)CC3)CC2=O)cc1C. The number of hydrogen-bond donors (Lipinski definition) is 1. The van der Waals surface area contributed by atoms with E-state index in [2.05, 4.69) is 0 Å². The van der Waals surface area contributed by atoms with Crippen LogP contribution in [0.15, 0.2) is 18.2 Å². The highest BCUT2D eigenvalue weighted by Gasteiger charge is 2.38. The van der Waals surface area contributed by atoms with Gasteiger partial charge in [-0.25, -0.2) is 0 Å². The van der Waals surface area contributed by atoms with E-state index in [1.807, 2.05) is 32.0 Å². The van der Waals surface area contributed by atoms with Crippen LogP contribution in [0.3, 0.4) is 0 Å². The predicted octanol–water partition coefficient (Wildman–Crippen LogP) is 1.98. The van der Waals surface area contributed by atoms with Gasteiger partial charge in [0.15, 0.2) is 0 Å². The van der Waals surface area contributed by atoms with Crippen LogP contribution in [0.5, 0.6) is 0 Å². The zero-order valence-corrected chi connectivity index (χ0v) is 14.7. The molecule has 3 rings (SSSR count). The molecule has 6 heteroatoms. The second-order valence-electron chi connectivity index (χ2n) is 7.11. The van der Waals surface area contributed by atoms with Crippen molar-refractivity contribution in [3.05, 3.63) is 29.3 Å². The Bertz CT molecular complexity index is 707. The molecular formula is C19H24N2O4. The highest BCUT2D eigenvalue weighted by atomic mass is 16.4. The lowest BCUT2D eigenvalue weighted by Crippen LogP contribution is -2.43. The number of benzene rings is 1. The second-order valence-corrected chi connectivity index (χ2v) is 7.11. The third kappa shape index (κ3) is 3.52. The number of anilines is 1. The van der Waals surface area contributed by atoms with Gasteiger partial charge in [0.25, 0.3) is 0 Å². The summed E-state index contributed by atoms with van der Waals surface area (Å²) >= 11 is 0. The summed E-state index contributed by atoms with van der Waals surface area (Å²) in [5.74, 6) is -1.54. The molecule has 2 saturated heterocycles. The first-order valence-electron chi connectivity index (χ1n) is 8.76. The average molecular weight is 344 g/mol. The van der Waals surface area contributed by atoms with Gasteiger partial charge in [0.05, 0.1) is 11.8 Å². The molecule has 2 amide bonds. The Morgan fingerprint density at radius 1 is 1.08 bits per heavy atom. The number of rotatable bonds is 3. The van der Waals surface area contributed by atoms with Crippen LogP contribution in [0.4, 0.5) is 5.69 Å². The van der Waals surface area contributed by atoms with Gasteiger partial charge in [-0.3, -0.25) is 14.4 Å². The molecule has 6 nitrogen and oxygen atoms in total. The Morgan fingerprint density at radius 3 is 2.36 bits per heavy atom. The molecule has 0 aromatic heterocycles. The molecule has 1 aromatic rings. The predicted molar refractivity (Wildman–Crippen MR) is 93.3 cm³/mol. The molecule has 2 aliphatic rings. The second kappa shape index (κ2) is 6.86. The first kappa shape index (κ1) is 17.5. The van der Waals surface area contributed by atoms with Crippen molar-refractivity contribution in [3.63, 3.8) is 0 Å². The van der Waals surface area contributed by atoms with E-state index in [4.69, 9.17) is 5.11 Å². The summed E-state index contributed by atoms with van der Waals surface area (Å²) in [4.78, 5) is 39.6. The maximum absolute atomic E-state index is 12.7. The molecule has 1 N–H and O–H groups in total. The van der Waals surface area contributed by atoms with E-state index in [9.17, 15) is 14.4 Å². The average Bonchev–Trinajstić information content (AvgIpc) is 2.98. The van der Waals surface area contributed by atoms with Crippen molar-refractivity contribution in [2.75, 3.05) is 24.5 Å². The van der Waals surface area contributed by atoms with Gasteiger partial charge in [-0.1, -0.05) is 6.07 Å². The lowest BCUT2D eigenvalue weighted by atomic mass is 9.95. The lowest BCUT2D eigenvalue weighted by Gasteiger charge is -2.31. The third-order valence-electron chi connectivity index (χ3n) is 5.43. The van der Waals surface area contributed by atoms with Crippen LogP contribution in [0.1, 0.15) is 30.4 Å². The Hall–Kier alpha value is -2.37. The Balaban J connectivity index is 1.65. The van der Waals surface area contributed by atoms with Gasteiger partial charge in [-0.05, 0) is 49.9 Å². The summed E-state index contributed by atoms with van der Waals surface area (Å²) < 4.78 is 0. The number of hydrogen-bond acceptors (Lipinski definition) is 3. The number of carbonyl (C=O) groups excluding carboxylic acids is 2. The third-order valence-corrected chi connectivity index (χ3v) is 5.43. The molecule has 0 bridgehead atoms. The molecule has 134 valence electrons. The minimum atomic E-state index is -0.788. The van der Waals surface area contributed by atoms with Crippen LogP contribution in [0.25, 0.3) is 0 Å². The minimum Gasteiger partial charge on any atom is -0.481 e. The highest BCUT2D eigenvalue weighted by molar-refractivity contribution is 6.00. The summed E-state index contributed by atoms with van der Waals surface area (Å²) in [5, 5.41) is 9.06. The summed E-state index contributed by atoms with van der Waals surface area (Å²) in [6.45, 7) is 5.36. The zero-order valence-electron chi connectivity index (χ0n) is 14.7. The van der Waals surface area contributed by atoms with Crippen LogP contribution in [-0.2, 0) is 14.4 Å². The van der Waals surface area contributed by atoms with E-state index >= 15 is 0 Å². The summed E-state index contributed by atoms with van der Waals surface area (Å²) in [5.41, 5.74) is 3.13. The van der Waals surface area contributed by atoms with E-state index < -0.39 is 5.97 Å². The van der Waals surface area contributed by atoms with Gasteiger partial charge in [0.2, 0.25) is 11.8 Å². The number of carboxylic acid groups (broad SMARTS) is 1. The maximum Gasteiger partial charge on any atom is 0.306 e. The van der Waals surface area contributed by atoms with Gasteiger partial charge in [-0.15, -0.1) is 0 Å². The topological polar surface area (TPSA) is 77.9 Å². The van der Waals surface area contributed by atoms with Crippen molar-refractivity contribution in [3.8, 4) is 0 Å². The lowest BCUT2D eigenvalue weighted by molar-refractivity contribution is -0.146. The van der Waals surface area contributed by atoms with Gasteiger partial charge < -0.3 is 14.9 Å². The number of carbonyl (C=O) groups is 3. The van der Waals surface area contributed by atoms with Crippen LogP contribution >= 0.6 is 0 Å². The van der Waals surface area contributed by atoms with Crippen molar-refractivity contribution in [2.24, 2.45) is 11.8 Å². The normalized spacial score (nSPS) is 21.7. The molecule has 25 heavy (non-hydrogen) atoms. The van der Waals surface area contributed by atoms with Crippen LogP contribution in [-0.4, -0.2) is 47.4 Å². The molecule has 0 unspecified atom stereocenters. The Labute approximate surface area is 147 Å². The number of carboxylic acids is 1. The Morgan fingerprint density at radius 2 is 1.76 bits per heavy atom. The maximum atomic E-state index is 12.7. The molecule has 1 atom stereocenters. The fourth-order valence-corrected chi connectivity index (χ4v) is 3.62. The Kier molecular flexibility index (Phi) is 4.79. The van der Waals surface area contributed by atoms with E-state index in [0.717, 1.165) is 11.3 Å². The molecular weight excluding hydrogens is 320 g/mol. The molecule has 1 aromatic carbocycles. The van der Waals surface area contributed by atoms with Crippen molar-refractivity contribution in [2.45, 2.75) is 33.1 Å². The molecule has 0 saturated carbocycles. The number of nitrogens with zero attached hydrogens (tertiary/aromatic N) is 2. The highest BCUT2D eigenvalue weighted by Crippen LogP contribution is 2.29. The van der Waals surface area contributed by atoms with Gasteiger partial charge in [-0.2, -0.15) is 0 Å². The van der Waals surface area contributed by atoms with Crippen molar-refractivity contribution >= 4 is 23.5 Å². The monoisotopic (exact) mass is 344 g/mol. The largest absolute Gasteiger partial charge is 0.481 e. The van der Waals surface area contributed by atoms with E-state index in [-0.39, 0.29) is 30.1 Å². The van der Waals surface area contributed by atoms with Gasteiger partial charge >= 0.3 is 5.97 Å². The van der Waals surface area contributed by atoms with Crippen LogP contribution in [0.2, 0.25) is 0 Å². The number of aliphatic carboxylic acids is 1. The van der Waals surface area contributed by atoms with Crippen LogP contribution < -0.4 is 4.90 Å². The van der Waals surface area contributed by atoms with Crippen molar-refractivity contribution in [1.82, 2.24) is 4.90 Å². The fraction of sp³-hybridized carbons (Fsp3) is 0.526. The number of amides is 2. The fourth-order valence-electron chi connectivity index (χ4n) is 3.62. The smallest absolute Gasteiger partial charge is 0.306 e. The van der Waals surface area contributed by atoms with Crippen molar-refractivity contribution in [1.29, 1.82) is 0 Å². The first-order chi connectivity index (χ1) is 11.9. The molecule has 0 aliphatic carbocycles. The molecule has 0 radical (unpaired) electrons. The molecule has 2 fully saturated rings. The number of aryl methyl sites for hydroxylation is 2. The van der Waals surface area contributed by atoms with E-state index in [1.165, 1.54) is 5.56 Å². The number of piperidine rings is 1. The van der Waals surface area contributed by atoms with E-state index in [0.29, 0.717) is 32.5 Å². The summed E-state index contributed by atoms with van der Waals surface area (Å²) in [6.07, 6.45) is 1.20.